The van der Waals surface area contributed by atoms with Gasteiger partial charge in [0.15, 0.2) is 0 Å². The average Bonchev–Trinajstić information content (AvgIpc) is 3.07. The van der Waals surface area contributed by atoms with Gasteiger partial charge in [-0.05, 0) is 74.8 Å². The minimum Gasteiger partial charge on any atom is -0.490 e. The molecule has 1 aromatic carbocycles. The van der Waals surface area contributed by atoms with Crippen LogP contribution in [0.15, 0.2) is 59.4 Å². The molecule has 3 unspecified atom stereocenters. The highest BCUT2D eigenvalue weighted by Gasteiger charge is 2.46. The summed E-state index contributed by atoms with van der Waals surface area (Å²) in [5, 5.41) is 7.01. The first kappa shape index (κ1) is 25.8. The summed E-state index contributed by atoms with van der Waals surface area (Å²) >= 11 is 6.19. The van der Waals surface area contributed by atoms with E-state index < -0.39 is 17.9 Å². The standard InChI is InChI=1S/C27H32ClF3N2O2/c28-25-9-5-4-8-24(33-25)22-16-19(26(34)27(29,30)31)12-15-23(22)32-17-18-10-13-21(14-11-18)35-20-6-2-1-3-7-20/h4-5,8-11,13-14,19-20,22-23,32-33H,1-3,6-7,12,15-17H2. The molecule has 2 aliphatic carbocycles. The minimum absolute atomic E-state index is 0.0971. The van der Waals surface area contributed by atoms with Crippen molar-refractivity contribution in [3.63, 3.8) is 0 Å². The summed E-state index contributed by atoms with van der Waals surface area (Å²) in [5.74, 6) is -2.13. The topological polar surface area (TPSA) is 50.4 Å². The van der Waals surface area contributed by atoms with Gasteiger partial charge in [0.2, 0.25) is 5.78 Å². The summed E-state index contributed by atoms with van der Waals surface area (Å²) in [6.07, 6.45) is 9.23. The van der Waals surface area contributed by atoms with Gasteiger partial charge >= 0.3 is 6.18 Å². The number of Topliss-reactive ketones (excluding diaryl/α,β-unsaturated/α-hetero) is 1. The van der Waals surface area contributed by atoms with E-state index in [0.717, 1.165) is 24.2 Å². The first-order valence-corrected chi connectivity index (χ1v) is 12.8. The van der Waals surface area contributed by atoms with Crippen LogP contribution in [0.1, 0.15) is 56.9 Å². The van der Waals surface area contributed by atoms with Gasteiger partial charge < -0.3 is 15.4 Å². The van der Waals surface area contributed by atoms with Crippen molar-refractivity contribution in [3.8, 4) is 5.75 Å². The molecule has 35 heavy (non-hydrogen) atoms. The molecular weight excluding hydrogens is 477 g/mol. The smallest absolute Gasteiger partial charge is 0.450 e. The maximum absolute atomic E-state index is 13.1. The number of carbonyl (C=O) groups is 1. The second-order valence-electron chi connectivity index (χ2n) is 9.63. The Bertz CT molecular complexity index is 966. The Morgan fingerprint density at radius 2 is 1.74 bits per heavy atom. The number of ketones is 1. The van der Waals surface area contributed by atoms with Crippen LogP contribution in [0.25, 0.3) is 0 Å². The number of carbonyl (C=O) groups excluding carboxylic acids is 1. The largest absolute Gasteiger partial charge is 0.490 e. The zero-order valence-electron chi connectivity index (χ0n) is 19.6. The van der Waals surface area contributed by atoms with E-state index in [0.29, 0.717) is 29.9 Å². The Hall–Kier alpha value is -2.25. The van der Waals surface area contributed by atoms with E-state index in [4.69, 9.17) is 16.3 Å². The monoisotopic (exact) mass is 508 g/mol. The minimum atomic E-state index is -4.82. The van der Waals surface area contributed by atoms with E-state index in [1.807, 2.05) is 30.3 Å². The van der Waals surface area contributed by atoms with Crippen molar-refractivity contribution in [1.29, 1.82) is 0 Å². The Morgan fingerprint density at radius 1 is 1.03 bits per heavy atom. The van der Waals surface area contributed by atoms with Gasteiger partial charge in [0.05, 0.1) is 6.10 Å². The first-order chi connectivity index (χ1) is 16.8. The van der Waals surface area contributed by atoms with Crippen molar-refractivity contribution in [2.75, 3.05) is 0 Å². The molecule has 2 fully saturated rings. The third-order valence-corrected chi connectivity index (χ3v) is 7.36. The van der Waals surface area contributed by atoms with Gasteiger partial charge in [0.1, 0.15) is 10.9 Å². The number of allylic oxidation sites excluding steroid dienone is 4. The number of ether oxygens (including phenoxy) is 1. The summed E-state index contributed by atoms with van der Waals surface area (Å²) in [6, 6.07) is 7.90. The van der Waals surface area contributed by atoms with Crippen molar-refractivity contribution in [1.82, 2.24) is 10.6 Å². The molecule has 1 heterocycles. The highest BCUT2D eigenvalue weighted by Crippen LogP contribution is 2.38. The Labute approximate surface area is 209 Å². The number of rotatable bonds is 7. The second-order valence-corrected chi connectivity index (χ2v) is 10.0. The van der Waals surface area contributed by atoms with Crippen molar-refractivity contribution in [2.45, 2.75) is 76.2 Å². The lowest BCUT2D eigenvalue weighted by atomic mass is 9.74. The van der Waals surface area contributed by atoms with Gasteiger partial charge in [-0.15, -0.1) is 0 Å². The molecule has 2 saturated carbocycles. The fourth-order valence-electron chi connectivity index (χ4n) is 5.28. The number of hydrogen-bond acceptors (Lipinski definition) is 4. The Balaban J connectivity index is 1.41. The normalized spacial score (nSPS) is 25.8. The lowest BCUT2D eigenvalue weighted by molar-refractivity contribution is -0.177. The molecule has 4 nitrogen and oxygen atoms in total. The van der Waals surface area contributed by atoms with E-state index in [2.05, 4.69) is 10.6 Å². The van der Waals surface area contributed by atoms with Gasteiger partial charge in [-0.3, -0.25) is 4.79 Å². The maximum Gasteiger partial charge on any atom is 0.450 e. The first-order valence-electron chi connectivity index (χ1n) is 12.4. The lowest BCUT2D eigenvalue weighted by Gasteiger charge is -2.38. The molecule has 3 atom stereocenters. The Morgan fingerprint density at radius 3 is 2.46 bits per heavy atom. The van der Waals surface area contributed by atoms with Crippen LogP contribution in [0.2, 0.25) is 0 Å². The number of hydrogen-bond donors (Lipinski definition) is 2. The lowest BCUT2D eigenvalue weighted by Crippen LogP contribution is -2.46. The van der Waals surface area contributed by atoms with E-state index in [-0.39, 0.29) is 24.8 Å². The molecule has 0 spiro atoms. The molecule has 0 saturated heterocycles. The summed E-state index contributed by atoms with van der Waals surface area (Å²) in [6.45, 7) is 0.565. The van der Waals surface area contributed by atoms with Gasteiger partial charge in [-0.1, -0.05) is 42.3 Å². The molecule has 0 bridgehead atoms. The quantitative estimate of drug-likeness (QED) is 0.411. The molecular formula is C27H32ClF3N2O2. The average molecular weight is 509 g/mol. The maximum atomic E-state index is 13.1. The van der Waals surface area contributed by atoms with Crippen molar-refractivity contribution in [2.24, 2.45) is 11.8 Å². The van der Waals surface area contributed by atoms with Crippen LogP contribution in [-0.2, 0) is 11.3 Å². The highest BCUT2D eigenvalue weighted by molar-refractivity contribution is 6.29. The Kier molecular flexibility index (Phi) is 8.60. The third kappa shape index (κ3) is 7.14. The van der Waals surface area contributed by atoms with E-state index in [9.17, 15) is 18.0 Å². The zero-order chi connectivity index (χ0) is 24.8. The molecule has 3 aliphatic rings. The number of nitrogens with one attached hydrogen (secondary N) is 2. The third-order valence-electron chi connectivity index (χ3n) is 7.14. The summed E-state index contributed by atoms with van der Waals surface area (Å²) < 4.78 is 45.5. The van der Waals surface area contributed by atoms with Gasteiger partial charge in [-0.2, -0.15) is 13.2 Å². The molecule has 1 aromatic rings. The molecule has 1 aliphatic heterocycles. The van der Waals surface area contributed by atoms with Crippen molar-refractivity contribution >= 4 is 17.4 Å². The van der Waals surface area contributed by atoms with Gasteiger partial charge in [0, 0.05) is 30.1 Å². The predicted octanol–water partition coefficient (Wildman–Crippen LogP) is 6.53. The van der Waals surface area contributed by atoms with Gasteiger partial charge in [-0.25, -0.2) is 0 Å². The van der Waals surface area contributed by atoms with E-state index in [1.54, 1.807) is 18.2 Å². The second kappa shape index (κ2) is 11.7. The van der Waals surface area contributed by atoms with Crippen LogP contribution < -0.4 is 15.4 Å². The van der Waals surface area contributed by atoms with Crippen LogP contribution in [0.3, 0.4) is 0 Å². The van der Waals surface area contributed by atoms with Crippen LogP contribution in [-0.4, -0.2) is 24.1 Å². The SMILES string of the molecule is O=C(C1CCC(NCc2ccc(OC3CCCCC3)cc2)C(C2=CC=CC=C(Cl)N2)C1)C(F)(F)F. The molecule has 4 rings (SSSR count). The van der Waals surface area contributed by atoms with E-state index >= 15 is 0 Å². The fraction of sp³-hybridized carbons (Fsp3) is 0.519. The molecule has 0 amide bonds. The molecule has 190 valence electrons. The van der Waals surface area contributed by atoms with Crippen molar-refractivity contribution < 1.29 is 22.7 Å². The number of halogens is 4. The summed E-state index contributed by atoms with van der Waals surface area (Å²) in [4.78, 5) is 12.0. The van der Waals surface area contributed by atoms with Crippen LogP contribution in [0, 0.1) is 11.8 Å². The van der Waals surface area contributed by atoms with Crippen LogP contribution in [0.5, 0.6) is 5.75 Å². The van der Waals surface area contributed by atoms with Gasteiger partial charge in [0.25, 0.3) is 0 Å². The zero-order valence-corrected chi connectivity index (χ0v) is 20.4. The summed E-state index contributed by atoms with van der Waals surface area (Å²) in [5.41, 5.74) is 1.78. The summed E-state index contributed by atoms with van der Waals surface area (Å²) in [7, 11) is 0. The fourth-order valence-corrected chi connectivity index (χ4v) is 5.46. The molecule has 0 aromatic heterocycles. The van der Waals surface area contributed by atoms with Crippen LogP contribution >= 0.6 is 11.6 Å². The molecule has 2 N–H and O–H groups in total. The van der Waals surface area contributed by atoms with Crippen LogP contribution in [0.4, 0.5) is 13.2 Å². The highest BCUT2D eigenvalue weighted by atomic mass is 35.5. The number of alkyl halides is 3. The molecule has 8 heteroatoms. The molecule has 0 radical (unpaired) electrons. The van der Waals surface area contributed by atoms with E-state index in [1.165, 1.54) is 19.3 Å². The predicted molar refractivity (Wildman–Crippen MR) is 131 cm³/mol. The number of benzene rings is 1. The van der Waals surface area contributed by atoms with Crippen molar-refractivity contribution in [3.05, 3.63) is 65.0 Å².